The number of nitrogens with one attached hydrogen (secondary N) is 1. The maximum atomic E-state index is 9.46. The maximum absolute atomic E-state index is 9.46. The van der Waals surface area contributed by atoms with Gasteiger partial charge in [-0.05, 0) is 25.0 Å². The molecule has 0 amide bonds. The molecule has 1 aliphatic rings. The van der Waals surface area contributed by atoms with Gasteiger partial charge in [0.05, 0.1) is 23.7 Å². The van der Waals surface area contributed by atoms with Crippen LogP contribution in [0.2, 0.25) is 0 Å². The van der Waals surface area contributed by atoms with E-state index in [9.17, 15) is 5.11 Å². The van der Waals surface area contributed by atoms with E-state index in [4.69, 9.17) is 4.98 Å². The van der Waals surface area contributed by atoms with Gasteiger partial charge in [-0.15, -0.1) is 0 Å². The van der Waals surface area contributed by atoms with Crippen molar-refractivity contribution in [3.8, 4) is 0 Å². The number of aliphatic hydroxyl groups is 1. The molecular weight excluding hydrogens is 240 g/mol. The number of para-hydroxylation sites is 2. The van der Waals surface area contributed by atoms with Gasteiger partial charge < -0.3 is 15.3 Å². The van der Waals surface area contributed by atoms with Crippen molar-refractivity contribution < 1.29 is 5.11 Å². The topological polar surface area (TPSA) is 61.3 Å². The third-order valence-corrected chi connectivity index (χ3v) is 3.65. The first kappa shape index (κ1) is 12.2. The van der Waals surface area contributed by atoms with E-state index in [0.29, 0.717) is 0 Å². The van der Waals surface area contributed by atoms with E-state index in [1.807, 2.05) is 31.3 Å². The van der Waals surface area contributed by atoms with Crippen LogP contribution in [0, 0.1) is 0 Å². The number of nitrogens with zero attached hydrogens (tertiary/aromatic N) is 3. The highest BCUT2D eigenvalue weighted by molar-refractivity contribution is 5.80. The Bertz CT molecular complexity index is 587. The van der Waals surface area contributed by atoms with Crippen LogP contribution in [0.1, 0.15) is 12.8 Å². The molecule has 5 nitrogen and oxygen atoms in total. The molecule has 100 valence electrons. The fourth-order valence-corrected chi connectivity index (χ4v) is 2.66. The highest BCUT2D eigenvalue weighted by Crippen LogP contribution is 2.30. The van der Waals surface area contributed by atoms with Crippen molar-refractivity contribution in [2.45, 2.75) is 18.9 Å². The van der Waals surface area contributed by atoms with Gasteiger partial charge in [-0.1, -0.05) is 12.1 Å². The first-order valence-corrected chi connectivity index (χ1v) is 6.65. The van der Waals surface area contributed by atoms with E-state index in [0.717, 1.165) is 42.1 Å². The van der Waals surface area contributed by atoms with Crippen LogP contribution in [0.4, 0.5) is 11.6 Å². The summed E-state index contributed by atoms with van der Waals surface area (Å²) in [7, 11) is 1.85. The molecule has 1 fully saturated rings. The third kappa shape index (κ3) is 2.10. The molecule has 2 aromatic rings. The van der Waals surface area contributed by atoms with Gasteiger partial charge in [-0.2, -0.15) is 0 Å². The van der Waals surface area contributed by atoms with E-state index in [1.54, 1.807) is 0 Å². The number of aromatic nitrogens is 2. The molecule has 3 rings (SSSR count). The van der Waals surface area contributed by atoms with E-state index in [2.05, 4.69) is 15.2 Å². The number of fused-ring (bicyclic) bond motifs is 1. The molecule has 2 N–H and O–H groups in total. The molecule has 1 aromatic carbocycles. The maximum Gasteiger partial charge on any atom is 0.172 e. The lowest BCUT2D eigenvalue weighted by Crippen LogP contribution is -2.33. The second kappa shape index (κ2) is 5.01. The summed E-state index contributed by atoms with van der Waals surface area (Å²) in [6.07, 6.45) is 2.09. The average Bonchev–Trinajstić information content (AvgIpc) is 2.94. The van der Waals surface area contributed by atoms with Crippen molar-refractivity contribution in [3.63, 3.8) is 0 Å². The molecular formula is C14H18N4O. The minimum absolute atomic E-state index is 0.155. The number of rotatable bonds is 3. The van der Waals surface area contributed by atoms with Crippen LogP contribution in [-0.4, -0.2) is 41.3 Å². The van der Waals surface area contributed by atoms with Gasteiger partial charge in [0, 0.05) is 13.6 Å². The predicted molar refractivity (Wildman–Crippen MR) is 76.5 cm³/mol. The van der Waals surface area contributed by atoms with Gasteiger partial charge in [0.1, 0.15) is 0 Å². The zero-order valence-electron chi connectivity index (χ0n) is 11.0. The molecule has 1 atom stereocenters. The summed E-state index contributed by atoms with van der Waals surface area (Å²) in [5.74, 6) is 1.62. The van der Waals surface area contributed by atoms with Crippen molar-refractivity contribution >= 4 is 22.7 Å². The first-order valence-electron chi connectivity index (χ1n) is 6.65. The Labute approximate surface area is 112 Å². The van der Waals surface area contributed by atoms with E-state index >= 15 is 0 Å². The van der Waals surface area contributed by atoms with Gasteiger partial charge in [0.15, 0.2) is 11.6 Å². The minimum atomic E-state index is 0.155. The molecule has 0 saturated carbocycles. The third-order valence-electron chi connectivity index (χ3n) is 3.65. The monoisotopic (exact) mass is 258 g/mol. The molecule has 0 unspecified atom stereocenters. The lowest BCUT2D eigenvalue weighted by atomic mass is 10.2. The first-order chi connectivity index (χ1) is 9.33. The predicted octanol–water partition coefficient (Wildman–Crippen LogP) is 1.63. The summed E-state index contributed by atoms with van der Waals surface area (Å²) in [6.45, 7) is 1.09. The lowest BCUT2D eigenvalue weighted by molar-refractivity contribution is 0.266. The molecule has 1 aromatic heterocycles. The van der Waals surface area contributed by atoms with Gasteiger partial charge in [0.25, 0.3) is 0 Å². The number of benzene rings is 1. The molecule has 5 heteroatoms. The quantitative estimate of drug-likeness (QED) is 0.876. The molecule has 0 aliphatic carbocycles. The van der Waals surface area contributed by atoms with E-state index in [-0.39, 0.29) is 12.6 Å². The van der Waals surface area contributed by atoms with Crippen LogP contribution in [0.5, 0.6) is 0 Å². The number of hydrogen-bond acceptors (Lipinski definition) is 5. The van der Waals surface area contributed by atoms with Crippen molar-refractivity contribution in [1.29, 1.82) is 0 Å². The van der Waals surface area contributed by atoms with Crippen LogP contribution in [0.3, 0.4) is 0 Å². The molecule has 0 radical (unpaired) electrons. The van der Waals surface area contributed by atoms with E-state index < -0.39 is 0 Å². The summed E-state index contributed by atoms with van der Waals surface area (Å²) < 4.78 is 0. The van der Waals surface area contributed by atoms with Crippen LogP contribution >= 0.6 is 0 Å². The molecule has 1 aliphatic heterocycles. The molecule has 0 spiro atoms. The highest BCUT2D eigenvalue weighted by atomic mass is 16.3. The number of anilines is 2. The number of hydrogen-bond donors (Lipinski definition) is 2. The Morgan fingerprint density at radius 3 is 2.74 bits per heavy atom. The van der Waals surface area contributed by atoms with Gasteiger partial charge in [0.2, 0.25) is 0 Å². The van der Waals surface area contributed by atoms with Gasteiger partial charge >= 0.3 is 0 Å². The lowest BCUT2D eigenvalue weighted by Gasteiger charge is -2.25. The highest BCUT2D eigenvalue weighted by Gasteiger charge is 2.27. The van der Waals surface area contributed by atoms with Crippen molar-refractivity contribution in [1.82, 2.24) is 9.97 Å². The molecule has 0 bridgehead atoms. The average molecular weight is 258 g/mol. The molecule has 1 saturated heterocycles. The summed E-state index contributed by atoms with van der Waals surface area (Å²) in [6, 6.07) is 8.01. The smallest absolute Gasteiger partial charge is 0.172 e. The Morgan fingerprint density at radius 1 is 1.32 bits per heavy atom. The fourth-order valence-electron chi connectivity index (χ4n) is 2.66. The summed E-state index contributed by atoms with van der Waals surface area (Å²) >= 11 is 0. The second-order valence-corrected chi connectivity index (χ2v) is 4.81. The zero-order valence-corrected chi connectivity index (χ0v) is 11.0. The number of aliphatic hydroxyl groups excluding tert-OH is 1. The van der Waals surface area contributed by atoms with E-state index in [1.165, 1.54) is 0 Å². The van der Waals surface area contributed by atoms with Gasteiger partial charge in [-0.25, -0.2) is 9.97 Å². The summed E-state index contributed by atoms with van der Waals surface area (Å²) in [5, 5.41) is 12.6. The Morgan fingerprint density at radius 2 is 2.05 bits per heavy atom. The van der Waals surface area contributed by atoms with Crippen molar-refractivity contribution in [3.05, 3.63) is 24.3 Å². The Hall–Kier alpha value is -1.88. The van der Waals surface area contributed by atoms with Crippen molar-refractivity contribution in [2.24, 2.45) is 0 Å². The second-order valence-electron chi connectivity index (χ2n) is 4.81. The Kier molecular flexibility index (Phi) is 3.21. The van der Waals surface area contributed by atoms with Crippen LogP contribution in [0.25, 0.3) is 11.0 Å². The van der Waals surface area contributed by atoms with Crippen molar-refractivity contribution in [2.75, 3.05) is 30.4 Å². The zero-order chi connectivity index (χ0) is 13.2. The minimum Gasteiger partial charge on any atom is -0.394 e. The van der Waals surface area contributed by atoms with Gasteiger partial charge in [-0.3, -0.25) is 0 Å². The van der Waals surface area contributed by atoms with Crippen LogP contribution in [-0.2, 0) is 0 Å². The van der Waals surface area contributed by atoms with Crippen LogP contribution < -0.4 is 10.2 Å². The summed E-state index contributed by atoms with van der Waals surface area (Å²) in [5.41, 5.74) is 1.77. The standard InChI is InChI=1S/C14H18N4O/c1-15-13-14(18-8-4-5-10(18)9-19)17-12-7-3-2-6-11(12)16-13/h2-3,6-7,10,19H,4-5,8-9H2,1H3,(H,15,16)/t10-/m1/s1. The molecule has 2 heterocycles. The largest absolute Gasteiger partial charge is 0.394 e. The SMILES string of the molecule is CNc1nc2ccccc2nc1N1CCC[C@@H]1CO. The Balaban J connectivity index is 2.10. The van der Waals surface area contributed by atoms with Crippen LogP contribution in [0.15, 0.2) is 24.3 Å². The summed E-state index contributed by atoms with van der Waals surface area (Å²) in [4.78, 5) is 11.5. The molecule has 19 heavy (non-hydrogen) atoms. The fraction of sp³-hybridized carbons (Fsp3) is 0.429. The normalized spacial score (nSPS) is 19.1.